The number of aryl methyl sites for hydroxylation is 3. The highest BCUT2D eigenvalue weighted by molar-refractivity contribution is 5.97. The highest BCUT2D eigenvalue weighted by atomic mass is 16.2. The molecule has 1 unspecified atom stereocenters. The second-order valence-corrected chi connectivity index (χ2v) is 6.33. The maximum atomic E-state index is 13.0. The number of Topliss-reactive ketones (excluding diaryl/α,β-unsaturated/α-hetero) is 1. The van der Waals surface area contributed by atoms with Gasteiger partial charge in [0, 0.05) is 24.6 Å². The van der Waals surface area contributed by atoms with Gasteiger partial charge in [-0.2, -0.15) is 0 Å². The van der Waals surface area contributed by atoms with Crippen LogP contribution in [0.1, 0.15) is 59.7 Å². The van der Waals surface area contributed by atoms with Crippen molar-refractivity contribution in [1.29, 1.82) is 0 Å². The molecular weight excluding hydrogens is 262 g/mol. The van der Waals surface area contributed by atoms with Gasteiger partial charge in [-0.15, -0.1) is 0 Å². The Morgan fingerprint density at radius 1 is 1.14 bits per heavy atom. The maximum absolute atomic E-state index is 13.0. The van der Waals surface area contributed by atoms with Gasteiger partial charge < -0.3 is 4.90 Å². The number of likely N-dealkylation sites (tertiary alicyclic amines) is 1. The molecule has 1 amide bonds. The van der Waals surface area contributed by atoms with Gasteiger partial charge in [0.15, 0.2) is 0 Å². The van der Waals surface area contributed by atoms with E-state index in [-0.39, 0.29) is 17.7 Å². The number of carbonyl (C=O) groups is 2. The maximum Gasteiger partial charge on any atom is 0.254 e. The van der Waals surface area contributed by atoms with Gasteiger partial charge in [-0.3, -0.25) is 9.59 Å². The lowest BCUT2D eigenvalue weighted by Gasteiger charge is -2.36. The van der Waals surface area contributed by atoms with E-state index in [9.17, 15) is 9.59 Å². The van der Waals surface area contributed by atoms with E-state index in [1.165, 1.54) is 5.56 Å². The minimum Gasteiger partial charge on any atom is -0.335 e. The number of amides is 1. The van der Waals surface area contributed by atoms with Crippen LogP contribution in [0.25, 0.3) is 0 Å². The molecule has 1 saturated heterocycles. The third-order valence-corrected chi connectivity index (χ3v) is 4.30. The fourth-order valence-corrected chi connectivity index (χ4v) is 3.47. The molecule has 1 aromatic carbocycles. The van der Waals surface area contributed by atoms with Gasteiger partial charge in [-0.05, 0) is 58.1 Å². The highest BCUT2D eigenvalue weighted by Crippen LogP contribution is 2.25. The number of carbonyl (C=O) groups excluding carboxylic acids is 2. The van der Waals surface area contributed by atoms with Crippen LogP contribution in [0.15, 0.2) is 12.1 Å². The summed E-state index contributed by atoms with van der Waals surface area (Å²) >= 11 is 0. The molecule has 0 spiro atoms. The van der Waals surface area contributed by atoms with E-state index in [2.05, 4.69) is 12.1 Å². The zero-order valence-electron chi connectivity index (χ0n) is 13.5. The fraction of sp³-hybridized carbons (Fsp3) is 0.556. The van der Waals surface area contributed by atoms with Crippen LogP contribution in [0.5, 0.6) is 0 Å². The molecule has 1 aliphatic rings. The van der Waals surface area contributed by atoms with Gasteiger partial charge in [0.2, 0.25) is 0 Å². The van der Waals surface area contributed by atoms with Crippen molar-refractivity contribution >= 4 is 11.7 Å². The van der Waals surface area contributed by atoms with Crippen molar-refractivity contribution in [2.24, 2.45) is 0 Å². The smallest absolute Gasteiger partial charge is 0.254 e. The van der Waals surface area contributed by atoms with E-state index in [0.29, 0.717) is 6.42 Å². The summed E-state index contributed by atoms with van der Waals surface area (Å²) in [6, 6.07) is 4.19. The number of ketones is 1. The standard InChI is InChI=1S/C18H25NO2/c1-12-9-13(2)17(14(3)10-12)18(21)19-8-6-5-7-16(19)11-15(4)20/h9-10,16H,5-8,11H2,1-4H3. The average molecular weight is 287 g/mol. The Balaban J connectivity index is 2.31. The molecule has 0 aliphatic carbocycles. The summed E-state index contributed by atoms with van der Waals surface area (Å²) in [7, 11) is 0. The number of hydrogen-bond acceptors (Lipinski definition) is 2. The molecule has 3 nitrogen and oxygen atoms in total. The molecule has 2 rings (SSSR count). The summed E-state index contributed by atoms with van der Waals surface area (Å²) in [5.74, 6) is 0.257. The molecular formula is C18H25NO2. The summed E-state index contributed by atoms with van der Waals surface area (Å²) in [4.78, 5) is 26.3. The van der Waals surface area contributed by atoms with Crippen LogP contribution < -0.4 is 0 Å². The van der Waals surface area contributed by atoms with Crippen LogP contribution in [-0.4, -0.2) is 29.2 Å². The minimum absolute atomic E-state index is 0.0730. The zero-order chi connectivity index (χ0) is 15.6. The molecule has 1 atom stereocenters. The van der Waals surface area contributed by atoms with Gasteiger partial charge in [0.05, 0.1) is 0 Å². The SMILES string of the molecule is CC(=O)CC1CCCCN1C(=O)c1c(C)cc(C)cc1C. The average Bonchev–Trinajstić information content (AvgIpc) is 2.37. The number of benzene rings is 1. The third-order valence-electron chi connectivity index (χ3n) is 4.30. The molecule has 0 radical (unpaired) electrons. The predicted octanol–water partition coefficient (Wildman–Crippen LogP) is 3.59. The topological polar surface area (TPSA) is 37.4 Å². The zero-order valence-corrected chi connectivity index (χ0v) is 13.5. The highest BCUT2D eigenvalue weighted by Gasteiger charge is 2.29. The third kappa shape index (κ3) is 3.52. The summed E-state index contributed by atoms with van der Waals surface area (Å²) in [5.41, 5.74) is 4.06. The van der Waals surface area contributed by atoms with Crippen molar-refractivity contribution in [1.82, 2.24) is 4.90 Å². The Labute approximate surface area is 127 Å². The second-order valence-electron chi connectivity index (χ2n) is 6.33. The first-order valence-corrected chi connectivity index (χ1v) is 7.78. The van der Waals surface area contributed by atoms with Crippen LogP contribution in [0, 0.1) is 20.8 Å². The van der Waals surface area contributed by atoms with Crippen LogP contribution >= 0.6 is 0 Å². The first-order valence-electron chi connectivity index (χ1n) is 7.78. The molecule has 1 aliphatic heterocycles. The lowest BCUT2D eigenvalue weighted by Crippen LogP contribution is -2.45. The lowest BCUT2D eigenvalue weighted by molar-refractivity contribution is -0.118. The molecule has 114 valence electrons. The number of hydrogen-bond donors (Lipinski definition) is 0. The molecule has 0 aromatic heterocycles. The van der Waals surface area contributed by atoms with Crippen LogP contribution in [-0.2, 0) is 4.79 Å². The number of piperidine rings is 1. The molecule has 1 fully saturated rings. The molecule has 0 bridgehead atoms. The Morgan fingerprint density at radius 2 is 1.76 bits per heavy atom. The first-order chi connectivity index (χ1) is 9.90. The molecule has 0 saturated carbocycles. The van der Waals surface area contributed by atoms with Crippen molar-refractivity contribution in [2.75, 3.05) is 6.54 Å². The van der Waals surface area contributed by atoms with Gasteiger partial charge in [-0.1, -0.05) is 17.7 Å². The molecule has 1 aromatic rings. The largest absolute Gasteiger partial charge is 0.335 e. The normalized spacial score (nSPS) is 18.7. The van der Waals surface area contributed by atoms with Crippen LogP contribution in [0.2, 0.25) is 0 Å². The summed E-state index contributed by atoms with van der Waals surface area (Å²) < 4.78 is 0. The number of nitrogens with zero attached hydrogens (tertiary/aromatic N) is 1. The van der Waals surface area contributed by atoms with E-state index in [1.54, 1.807) is 6.92 Å². The van der Waals surface area contributed by atoms with Gasteiger partial charge in [-0.25, -0.2) is 0 Å². The van der Waals surface area contributed by atoms with E-state index in [4.69, 9.17) is 0 Å². The van der Waals surface area contributed by atoms with E-state index in [0.717, 1.165) is 42.5 Å². The van der Waals surface area contributed by atoms with E-state index >= 15 is 0 Å². The Kier molecular flexibility index (Phi) is 4.81. The van der Waals surface area contributed by atoms with Gasteiger partial charge in [0.25, 0.3) is 5.91 Å². The summed E-state index contributed by atoms with van der Waals surface area (Å²) in [6.07, 6.45) is 3.56. The molecule has 21 heavy (non-hydrogen) atoms. The first kappa shape index (κ1) is 15.7. The van der Waals surface area contributed by atoms with Gasteiger partial charge in [0.1, 0.15) is 5.78 Å². The predicted molar refractivity (Wildman–Crippen MR) is 84.6 cm³/mol. The van der Waals surface area contributed by atoms with Crippen molar-refractivity contribution in [3.8, 4) is 0 Å². The van der Waals surface area contributed by atoms with Crippen LogP contribution in [0.4, 0.5) is 0 Å². The van der Waals surface area contributed by atoms with Crippen LogP contribution in [0.3, 0.4) is 0 Å². The monoisotopic (exact) mass is 287 g/mol. The van der Waals surface area contributed by atoms with Crippen molar-refractivity contribution in [3.63, 3.8) is 0 Å². The van der Waals surface area contributed by atoms with E-state index < -0.39 is 0 Å². The minimum atomic E-state index is 0.0730. The molecule has 1 heterocycles. The Hall–Kier alpha value is -1.64. The summed E-state index contributed by atoms with van der Waals surface area (Å²) in [6.45, 7) is 8.42. The quantitative estimate of drug-likeness (QED) is 0.852. The molecule has 3 heteroatoms. The van der Waals surface area contributed by atoms with Crippen molar-refractivity contribution in [3.05, 3.63) is 34.4 Å². The van der Waals surface area contributed by atoms with Crippen molar-refractivity contribution in [2.45, 2.75) is 59.4 Å². The Bertz CT molecular complexity index is 539. The van der Waals surface area contributed by atoms with Crippen molar-refractivity contribution < 1.29 is 9.59 Å². The Morgan fingerprint density at radius 3 is 2.33 bits per heavy atom. The molecule has 0 N–H and O–H groups in total. The van der Waals surface area contributed by atoms with E-state index in [1.807, 2.05) is 25.7 Å². The fourth-order valence-electron chi connectivity index (χ4n) is 3.47. The lowest BCUT2D eigenvalue weighted by atomic mass is 9.94. The van der Waals surface area contributed by atoms with Gasteiger partial charge >= 0.3 is 0 Å². The summed E-state index contributed by atoms with van der Waals surface area (Å²) in [5, 5.41) is 0. The number of rotatable bonds is 3. The second kappa shape index (κ2) is 6.42.